The minimum absolute atomic E-state index is 0.0400. The Bertz CT molecular complexity index is 815. The molecule has 0 unspecified atom stereocenters. The maximum Gasteiger partial charge on any atom is 0.282 e. The van der Waals surface area contributed by atoms with Crippen LogP contribution in [0.3, 0.4) is 0 Å². The maximum absolute atomic E-state index is 13.7. The molecule has 0 amide bonds. The number of benzene rings is 1. The van der Waals surface area contributed by atoms with Crippen LogP contribution in [-0.4, -0.2) is 69.0 Å². The van der Waals surface area contributed by atoms with E-state index in [9.17, 15) is 21.2 Å². The van der Waals surface area contributed by atoms with E-state index >= 15 is 0 Å². The third kappa shape index (κ3) is 4.03. The van der Waals surface area contributed by atoms with E-state index in [0.717, 1.165) is 6.07 Å². The van der Waals surface area contributed by atoms with Crippen molar-refractivity contribution in [2.45, 2.75) is 25.7 Å². The summed E-state index contributed by atoms with van der Waals surface area (Å²) in [5.74, 6) is -0.580. The van der Waals surface area contributed by atoms with Crippen molar-refractivity contribution < 1.29 is 21.2 Å². The number of nitrogens with zero attached hydrogens (tertiary/aromatic N) is 3. The minimum atomic E-state index is -3.84. The molecule has 7 nitrogen and oxygen atoms in total. The summed E-state index contributed by atoms with van der Waals surface area (Å²) >= 11 is 0. The Labute approximate surface area is 149 Å². The van der Waals surface area contributed by atoms with Crippen LogP contribution in [0.5, 0.6) is 0 Å². The van der Waals surface area contributed by atoms with E-state index in [1.54, 1.807) is 20.8 Å². The molecule has 0 radical (unpaired) electrons. The largest absolute Gasteiger partial charge is 0.282 e. The van der Waals surface area contributed by atoms with Crippen LogP contribution in [0, 0.1) is 12.7 Å². The zero-order chi connectivity index (χ0) is 18.8. The number of rotatable bonds is 6. The monoisotopic (exact) mass is 393 g/mol. The van der Waals surface area contributed by atoms with Gasteiger partial charge in [0.25, 0.3) is 10.2 Å². The lowest BCUT2D eigenvalue weighted by Crippen LogP contribution is -2.54. The van der Waals surface area contributed by atoms with Crippen molar-refractivity contribution in [3.8, 4) is 0 Å². The van der Waals surface area contributed by atoms with Gasteiger partial charge in [0.2, 0.25) is 10.0 Å². The molecule has 0 aliphatic carbocycles. The average Bonchev–Trinajstić information content (AvgIpc) is 2.58. The Morgan fingerprint density at radius 1 is 1.00 bits per heavy atom. The molecule has 0 spiro atoms. The zero-order valence-corrected chi connectivity index (χ0v) is 16.3. The molecule has 0 bridgehead atoms. The maximum atomic E-state index is 13.7. The molecule has 1 aromatic rings. The molecule has 1 aliphatic heterocycles. The van der Waals surface area contributed by atoms with E-state index in [1.165, 1.54) is 25.0 Å². The summed E-state index contributed by atoms with van der Waals surface area (Å²) in [6.45, 7) is 6.03. The Morgan fingerprint density at radius 2 is 1.52 bits per heavy atom. The average molecular weight is 394 g/mol. The number of hydrogen-bond donors (Lipinski definition) is 0. The van der Waals surface area contributed by atoms with Crippen molar-refractivity contribution in [1.29, 1.82) is 0 Å². The molecule has 0 N–H and O–H groups in total. The Morgan fingerprint density at radius 3 is 2.00 bits per heavy atom. The second-order valence-corrected chi connectivity index (χ2v) is 9.67. The molecule has 1 heterocycles. The first-order valence-corrected chi connectivity index (χ1v) is 11.0. The second kappa shape index (κ2) is 7.67. The van der Waals surface area contributed by atoms with Crippen LogP contribution in [-0.2, 0) is 20.2 Å². The van der Waals surface area contributed by atoms with Crippen molar-refractivity contribution in [3.63, 3.8) is 0 Å². The lowest BCUT2D eigenvalue weighted by Gasteiger charge is -2.35. The molecule has 2 rings (SSSR count). The fraction of sp³-hybridized carbons (Fsp3) is 0.600. The number of aryl methyl sites for hydroxylation is 1. The molecule has 25 heavy (non-hydrogen) atoms. The highest BCUT2D eigenvalue weighted by Crippen LogP contribution is 2.21. The number of hydrogen-bond acceptors (Lipinski definition) is 4. The fourth-order valence-electron chi connectivity index (χ4n) is 2.74. The number of sulfonamides is 1. The molecule has 0 aromatic heterocycles. The van der Waals surface area contributed by atoms with Gasteiger partial charge < -0.3 is 0 Å². The predicted molar refractivity (Wildman–Crippen MR) is 93.3 cm³/mol. The molecular weight excluding hydrogens is 369 g/mol. The summed E-state index contributed by atoms with van der Waals surface area (Å²) in [4.78, 5) is -0.115. The highest BCUT2D eigenvalue weighted by atomic mass is 32.2. The Kier molecular flexibility index (Phi) is 6.21. The van der Waals surface area contributed by atoms with Gasteiger partial charge in [-0.25, -0.2) is 12.8 Å². The van der Waals surface area contributed by atoms with E-state index in [2.05, 4.69) is 0 Å². The van der Waals surface area contributed by atoms with Gasteiger partial charge in [-0.15, -0.1) is 0 Å². The molecule has 1 fully saturated rings. The standard InChI is InChI=1S/C15H24FN3O4S2/c1-4-17(5-2)25(22,23)19-10-8-18(9-11-19)24(20,21)14-7-6-13(3)15(16)12-14/h6-7,12H,4-5,8-11H2,1-3H3. The van der Waals surface area contributed by atoms with Crippen LogP contribution in [0.15, 0.2) is 23.1 Å². The van der Waals surface area contributed by atoms with Gasteiger partial charge in [-0.1, -0.05) is 19.9 Å². The van der Waals surface area contributed by atoms with E-state index in [1.807, 2.05) is 0 Å². The van der Waals surface area contributed by atoms with Gasteiger partial charge in [0.1, 0.15) is 5.82 Å². The Hall–Kier alpha value is -1.07. The van der Waals surface area contributed by atoms with Gasteiger partial charge in [-0.2, -0.15) is 21.3 Å². The predicted octanol–water partition coefficient (Wildman–Crippen LogP) is 1.03. The van der Waals surface area contributed by atoms with Crippen molar-refractivity contribution in [2.75, 3.05) is 39.3 Å². The third-order valence-electron chi connectivity index (χ3n) is 4.34. The van der Waals surface area contributed by atoms with Crippen molar-refractivity contribution in [1.82, 2.24) is 12.9 Å². The highest BCUT2D eigenvalue weighted by Gasteiger charge is 2.35. The van der Waals surface area contributed by atoms with Crippen LogP contribution in [0.25, 0.3) is 0 Å². The van der Waals surface area contributed by atoms with Crippen LogP contribution in [0.1, 0.15) is 19.4 Å². The fourth-order valence-corrected chi connectivity index (χ4v) is 5.78. The van der Waals surface area contributed by atoms with Gasteiger partial charge in [0, 0.05) is 39.3 Å². The normalized spacial score (nSPS) is 18.0. The van der Waals surface area contributed by atoms with E-state index in [0.29, 0.717) is 18.7 Å². The second-order valence-electron chi connectivity index (χ2n) is 5.81. The summed E-state index contributed by atoms with van der Waals surface area (Å²) in [5, 5.41) is 0. The summed E-state index contributed by atoms with van der Waals surface area (Å²) in [5.41, 5.74) is 0.370. The summed E-state index contributed by atoms with van der Waals surface area (Å²) < 4.78 is 67.8. The number of piperazine rings is 1. The molecule has 0 saturated carbocycles. The Balaban J connectivity index is 2.15. The number of halogens is 1. The zero-order valence-electron chi connectivity index (χ0n) is 14.6. The molecule has 142 valence electrons. The molecular formula is C15H24FN3O4S2. The van der Waals surface area contributed by atoms with Crippen molar-refractivity contribution >= 4 is 20.2 Å². The minimum Gasteiger partial charge on any atom is -0.207 e. The SMILES string of the molecule is CCN(CC)S(=O)(=O)N1CCN(S(=O)(=O)c2ccc(C)c(F)c2)CC1. The summed E-state index contributed by atoms with van der Waals surface area (Å²) in [7, 11) is -7.43. The quantitative estimate of drug-likeness (QED) is 0.723. The van der Waals surface area contributed by atoms with Crippen LogP contribution >= 0.6 is 0 Å². The lowest BCUT2D eigenvalue weighted by molar-refractivity contribution is 0.256. The van der Waals surface area contributed by atoms with E-state index in [-0.39, 0.29) is 31.1 Å². The molecule has 10 heteroatoms. The van der Waals surface area contributed by atoms with Gasteiger partial charge in [-0.3, -0.25) is 0 Å². The first kappa shape index (κ1) is 20.2. The van der Waals surface area contributed by atoms with Crippen LogP contribution in [0.4, 0.5) is 4.39 Å². The van der Waals surface area contributed by atoms with E-state index < -0.39 is 26.0 Å². The molecule has 1 aromatic carbocycles. The summed E-state index contributed by atoms with van der Waals surface area (Å²) in [6.07, 6.45) is 0. The molecule has 0 atom stereocenters. The van der Waals surface area contributed by atoms with Crippen molar-refractivity contribution in [3.05, 3.63) is 29.6 Å². The molecule has 1 aliphatic rings. The van der Waals surface area contributed by atoms with E-state index in [4.69, 9.17) is 0 Å². The van der Waals surface area contributed by atoms with Gasteiger partial charge in [0.15, 0.2) is 0 Å². The lowest BCUT2D eigenvalue weighted by atomic mass is 10.2. The van der Waals surface area contributed by atoms with Crippen LogP contribution in [0.2, 0.25) is 0 Å². The van der Waals surface area contributed by atoms with Crippen LogP contribution < -0.4 is 0 Å². The first-order valence-electron chi connectivity index (χ1n) is 8.16. The first-order chi connectivity index (χ1) is 11.6. The van der Waals surface area contributed by atoms with Crippen molar-refractivity contribution in [2.24, 2.45) is 0 Å². The summed E-state index contributed by atoms with van der Waals surface area (Å²) in [6, 6.07) is 3.79. The van der Waals surface area contributed by atoms with Gasteiger partial charge in [-0.05, 0) is 24.6 Å². The third-order valence-corrected chi connectivity index (χ3v) is 8.42. The van der Waals surface area contributed by atoms with Gasteiger partial charge in [0.05, 0.1) is 4.90 Å². The topological polar surface area (TPSA) is 78.0 Å². The molecule has 1 saturated heterocycles. The van der Waals surface area contributed by atoms with Gasteiger partial charge >= 0.3 is 0 Å². The smallest absolute Gasteiger partial charge is 0.207 e. The highest BCUT2D eigenvalue weighted by molar-refractivity contribution is 7.89.